The molecule has 6 aliphatic rings. The van der Waals surface area contributed by atoms with Crippen molar-refractivity contribution in [3.63, 3.8) is 0 Å². The lowest BCUT2D eigenvalue weighted by atomic mass is 10.0. The highest BCUT2D eigenvalue weighted by molar-refractivity contribution is 4.89. The molecule has 6 fully saturated rings. The Bertz CT molecular complexity index is 1140. The number of nitrogens with zero attached hydrogens (tertiary/aromatic N) is 6. The molecule has 66 heavy (non-hydrogen) atoms. The summed E-state index contributed by atoms with van der Waals surface area (Å²) in [4.78, 5) is 13.4. The highest BCUT2D eigenvalue weighted by Gasteiger charge is 2.41. The van der Waals surface area contributed by atoms with E-state index in [1.54, 1.807) is 0 Å². The van der Waals surface area contributed by atoms with Gasteiger partial charge in [-0.1, -0.05) is 0 Å². The fraction of sp³-hybridized carbons (Fsp3) is 1.00. The number of hydrogen-bond acceptors (Lipinski definition) is 18. The third kappa shape index (κ3) is 20.6. The largest absolute Gasteiger partial charge is 0.389 e. The smallest absolute Gasteiger partial charge is 0.115 e. The molecule has 6 rings (SSSR count). The molecule has 0 aromatic heterocycles. The Morgan fingerprint density at radius 3 is 0.682 bits per heavy atom. The van der Waals surface area contributed by atoms with Gasteiger partial charge in [-0.15, -0.1) is 0 Å². The molecule has 6 N–H and O–H groups in total. The molecule has 0 bridgehead atoms. The Hall–Kier alpha value is -0.720. The molecule has 6 heterocycles. The van der Waals surface area contributed by atoms with E-state index in [1.807, 2.05) is 0 Å². The van der Waals surface area contributed by atoms with Crippen LogP contribution in [-0.4, -0.2) is 292 Å². The van der Waals surface area contributed by atoms with Gasteiger partial charge in [-0.3, -0.25) is 0 Å². The Morgan fingerprint density at radius 2 is 0.455 bits per heavy atom. The molecular formula is C48H92N6O12. The topological polar surface area (TPSA) is 196 Å². The molecule has 10 unspecified atom stereocenters. The lowest BCUT2D eigenvalue weighted by molar-refractivity contribution is -0.216. The van der Waals surface area contributed by atoms with Gasteiger partial charge in [0, 0.05) is 39.3 Å². The minimum atomic E-state index is -0.995. The molecule has 0 aromatic rings. The number of hydrogen-bond donors (Lipinski definition) is 6. The fourth-order valence-corrected chi connectivity index (χ4v) is 10.8. The zero-order valence-electron chi connectivity index (χ0n) is 40.5. The van der Waals surface area contributed by atoms with E-state index in [2.05, 4.69) is 29.4 Å². The summed E-state index contributed by atoms with van der Waals surface area (Å²) in [6.45, 7) is 13.8. The average molecular weight is 945 g/mol. The van der Waals surface area contributed by atoms with Gasteiger partial charge in [0.05, 0.1) is 89.5 Å². The second-order valence-electron chi connectivity index (χ2n) is 20.4. The minimum absolute atomic E-state index is 0.0272. The zero-order valence-corrected chi connectivity index (χ0v) is 40.5. The second kappa shape index (κ2) is 30.9. The van der Waals surface area contributed by atoms with E-state index < -0.39 is 61.0 Å². The molecule has 0 amide bonds. The lowest BCUT2D eigenvalue weighted by Crippen LogP contribution is -2.55. The molecule has 0 saturated carbocycles. The van der Waals surface area contributed by atoms with E-state index in [1.165, 1.54) is 0 Å². The molecule has 18 nitrogen and oxygen atoms in total. The van der Waals surface area contributed by atoms with Crippen molar-refractivity contribution in [2.45, 2.75) is 138 Å². The van der Waals surface area contributed by atoms with Crippen molar-refractivity contribution in [1.29, 1.82) is 0 Å². The first-order chi connectivity index (χ1) is 32.2. The molecule has 0 aliphatic carbocycles. The van der Waals surface area contributed by atoms with E-state index in [-0.39, 0.29) is 52.9 Å². The molecule has 6 saturated heterocycles. The van der Waals surface area contributed by atoms with Gasteiger partial charge in [-0.2, -0.15) is 0 Å². The van der Waals surface area contributed by atoms with Crippen molar-refractivity contribution in [1.82, 2.24) is 29.4 Å². The summed E-state index contributed by atoms with van der Waals surface area (Å²) >= 11 is 0. The minimum Gasteiger partial charge on any atom is -0.389 e. The Labute approximate surface area is 396 Å². The molecule has 10 atom stereocenters. The third-order valence-electron chi connectivity index (χ3n) is 14.2. The predicted molar refractivity (Wildman–Crippen MR) is 251 cm³/mol. The third-order valence-corrected chi connectivity index (χ3v) is 14.2. The van der Waals surface area contributed by atoms with Crippen molar-refractivity contribution < 1.29 is 59.1 Å². The van der Waals surface area contributed by atoms with E-state index in [0.29, 0.717) is 39.3 Å². The van der Waals surface area contributed by atoms with Crippen LogP contribution in [0.1, 0.15) is 77.0 Å². The van der Waals surface area contributed by atoms with E-state index in [0.717, 1.165) is 156 Å². The molecule has 6 aliphatic heterocycles. The van der Waals surface area contributed by atoms with Crippen LogP contribution in [0.5, 0.6) is 0 Å². The van der Waals surface area contributed by atoms with Gasteiger partial charge in [-0.05, 0) is 156 Å². The Morgan fingerprint density at radius 1 is 0.258 bits per heavy atom. The average Bonchev–Trinajstić information content (AvgIpc) is 4.14. The van der Waals surface area contributed by atoms with Gasteiger partial charge in [-0.25, -0.2) is 0 Å². The lowest BCUT2D eigenvalue weighted by Gasteiger charge is -2.39. The molecule has 18 heteroatoms. The molecule has 0 aromatic carbocycles. The summed E-state index contributed by atoms with van der Waals surface area (Å²) in [5.41, 5.74) is 0. The summed E-state index contributed by atoms with van der Waals surface area (Å²) in [6, 6.07) is 0. The molecule has 0 spiro atoms. The zero-order chi connectivity index (χ0) is 46.4. The maximum Gasteiger partial charge on any atom is 0.115 e. The summed E-state index contributed by atoms with van der Waals surface area (Å²) in [7, 11) is 0. The number of β-amino-alcohol motifs (C(OH)–C–C–N with tert-alkyl or cyclic N) is 6. The first-order valence-corrected chi connectivity index (χ1v) is 26.2. The standard InChI is InChI=1S/C48H92N6O12/c55-39(25-49-13-1-2-14-49)31-61-37-45(63-33-41(57)27-51-17-5-6-18-51)47(65-35-43(59)29-53-21-9-10-22-53)48(66-36-44(60)30-54-23-11-12-24-54)46(64-34-42(58)28-52-19-7-8-20-52)38-62-32-40(56)26-50-15-3-4-16-50/h39-48,55-60H,1-38H2. The monoisotopic (exact) mass is 945 g/mol. The summed E-state index contributed by atoms with van der Waals surface area (Å²) in [5.74, 6) is 0. The van der Waals surface area contributed by atoms with E-state index in [9.17, 15) is 30.6 Å². The predicted octanol–water partition coefficient (Wildman–Crippen LogP) is -0.699. The van der Waals surface area contributed by atoms with Crippen LogP contribution in [-0.2, 0) is 28.4 Å². The van der Waals surface area contributed by atoms with Crippen LogP contribution in [0.4, 0.5) is 0 Å². The molecule has 0 radical (unpaired) electrons. The maximum absolute atomic E-state index is 11.5. The number of aliphatic hydroxyl groups is 6. The second-order valence-corrected chi connectivity index (χ2v) is 20.4. The van der Waals surface area contributed by atoms with Gasteiger partial charge in [0.1, 0.15) is 24.4 Å². The van der Waals surface area contributed by atoms with E-state index >= 15 is 0 Å². The number of ether oxygens (including phenoxy) is 6. The van der Waals surface area contributed by atoms with E-state index in [4.69, 9.17) is 28.4 Å². The number of likely N-dealkylation sites (tertiary alicyclic amines) is 6. The van der Waals surface area contributed by atoms with Crippen molar-refractivity contribution in [3.8, 4) is 0 Å². The number of rotatable bonds is 35. The Balaban J connectivity index is 1.26. The van der Waals surface area contributed by atoms with Gasteiger partial charge in [0.25, 0.3) is 0 Å². The van der Waals surface area contributed by atoms with Crippen molar-refractivity contribution in [3.05, 3.63) is 0 Å². The van der Waals surface area contributed by atoms with Gasteiger partial charge >= 0.3 is 0 Å². The first kappa shape index (κ1) is 54.6. The first-order valence-electron chi connectivity index (χ1n) is 26.2. The van der Waals surface area contributed by atoms with Crippen LogP contribution in [0, 0.1) is 0 Å². The Kier molecular flexibility index (Phi) is 25.6. The van der Waals surface area contributed by atoms with Gasteiger partial charge < -0.3 is 88.5 Å². The summed E-state index contributed by atoms with van der Waals surface area (Å²) in [5, 5.41) is 67.9. The SMILES string of the molecule is OC(COCC(OCC(O)CN1CCCC1)C(OCC(O)CN1CCCC1)C(OCC(O)CN1CCCC1)C(COCC(O)CN1CCCC1)OCC(O)CN1CCCC1)CN1CCCC1. The maximum atomic E-state index is 11.5. The highest BCUT2D eigenvalue weighted by atomic mass is 16.6. The summed E-state index contributed by atoms with van der Waals surface area (Å²) < 4.78 is 39.6. The van der Waals surface area contributed by atoms with Crippen LogP contribution in [0.25, 0.3) is 0 Å². The number of aliphatic hydroxyl groups excluding tert-OH is 6. The van der Waals surface area contributed by atoms with Crippen molar-refractivity contribution in [2.24, 2.45) is 0 Å². The van der Waals surface area contributed by atoms with Crippen LogP contribution >= 0.6 is 0 Å². The van der Waals surface area contributed by atoms with Gasteiger partial charge in [0.15, 0.2) is 0 Å². The normalized spacial score (nSPS) is 25.7. The van der Waals surface area contributed by atoms with Crippen LogP contribution in [0.2, 0.25) is 0 Å². The van der Waals surface area contributed by atoms with Gasteiger partial charge in [0.2, 0.25) is 0 Å². The van der Waals surface area contributed by atoms with Crippen molar-refractivity contribution in [2.75, 3.05) is 171 Å². The fourth-order valence-electron chi connectivity index (χ4n) is 10.8. The van der Waals surface area contributed by atoms with Crippen LogP contribution in [0.3, 0.4) is 0 Å². The highest BCUT2D eigenvalue weighted by Crippen LogP contribution is 2.23. The summed E-state index contributed by atoms with van der Waals surface area (Å²) in [6.07, 6.45) is 4.62. The van der Waals surface area contributed by atoms with Crippen LogP contribution < -0.4 is 0 Å². The molecule has 386 valence electrons. The molecular weight excluding hydrogens is 853 g/mol. The van der Waals surface area contributed by atoms with Crippen LogP contribution in [0.15, 0.2) is 0 Å². The quantitative estimate of drug-likeness (QED) is 0.0467. The van der Waals surface area contributed by atoms with Crippen molar-refractivity contribution >= 4 is 0 Å².